The first-order valence-corrected chi connectivity index (χ1v) is 8.64. The van der Waals surface area contributed by atoms with Gasteiger partial charge in [0.2, 0.25) is 12.3 Å². The Balaban J connectivity index is 1.65. The fraction of sp³-hybridized carbons (Fsp3) is 0.556. The van der Waals surface area contributed by atoms with Crippen LogP contribution in [0, 0.1) is 28.1 Å². The quantitative estimate of drug-likeness (QED) is 0.431. The van der Waals surface area contributed by atoms with Gasteiger partial charge in [0, 0.05) is 36.3 Å². The Morgan fingerprint density at radius 2 is 2.20 bits per heavy atom. The number of rotatable bonds is 5. The topological polar surface area (TPSA) is 102 Å². The van der Waals surface area contributed by atoms with Gasteiger partial charge in [0.25, 0.3) is 0 Å². The van der Waals surface area contributed by atoms with Crippen molar-refractivity contribution < 1.29 is 9.53 Å². The maximum absolute atomic E-state index is 11.0. The third-order valence-electron chi connectivity index (χ3n) is 5.57. The minimum absolute atomic E-state index is 0.166. The van der Waals surface area contributed by atoms with E-state index in [4.69, 9.17) is 15.6 Å². The van der Waals surface area contributed by atoms with Crippen molar-refractivity contribution in [2.24, 2.45) is 17.3 Å². The summed E-state index contributed by atoms with van der Waals surface area (Å²) in [6, 6.07) is 3.47. The highest BCUT2D eigenvalue weighted by molar-refractivity contribution is 6.09. The van der Waals surface area contributed by atoms with E-state index in [1.54, 1.807) is 25.4 Å². The number of piperidine rings is 1. The number of amides is 1. The van der Waals surface area contributed by atoms with Crippen molar-refractivity contribution in [1.82, 2.24) is 15.2 Å². The molecule has 2 atom stereocenters. The van der Waals surface area contributed by atoms with E-state index in [0.29, 0.717) is 29.1 Å². The first kappa shape index (κ1) is 17.4. The number of amidine groups is 2. The fourth-order valence-electron chi connectivity index (χ4n) is 4.01. The van der Waals surface area contributed by atoms with Gasteiger partial charge in [-0.25, -0.2) is 4.98 Å². The van der Waals surface area contributed by atoms with Gasteiger partial charge < -0.3 is 15.0 Å². The molecule has 1 saturated heterocycles. The Kier molecular flexibility index (Phi) is 4.74. The van der Waals surface area contributed by atoms with Crippen molar-refractivity contribution in [3.63, 3.8) is 0 Å². The Bertz CT molecular complexity index is 669. The first-order valence-electron chi connectivity index (χ1n) is 8.64. The second-order valence-electron chi connectivity index (χ2n) is 7.09. The predicted octanol–water partition coefficient (Wildman–Crippen LogP) is 1.88. The second kappa shape index (κ2) is 6.82. The molecule has 2 fully saturated rings. The minimum atomic E-state index is -0.166. The molecule has 2 aliphatic rings. The van der Waals surface area contributed by atoms with E-state index in [1.165, 1.54) is 0 Å². The Hall–Kier alpha value is -2.44. The van der Waals surface area contributed by atoms with Gasteiger partial charge in [0.15, 0.2) is 0 Å². The van der Waals surface area contributed by atoms with Crippen molar-refractivity contribution in [3.8, 4) is 5.88 Å². The average Bonchev–Trinajstić information content (AvgIpc) is 3.43. The van der Waals surface area contributed by atoms with Crippen LogP contribution in [0.1, 0.15) is 31.7 Å². The number of nitrogens with zero attached hydrogens (tertiary/aromatic N) is 2. The van der Waals surface area contributed by atoms with Gasteiger partial charge in [0.05, 0.1) is 7.11 Å². The summed E-state index contributed by atoms with van der Waals surface area (Å²) in [5, 5.41) is 19.8. The molecular weight excluding hydrogens is 318 g/mol. The van der Waals surface area contributed by atoms with E-state index < -0.39 is 0 Å². The zero-order chi connectivity index (χ0) is 18.0. The molecule has 134 valence electrons. The predicted molar refractivity (Wildman–Crippen MR) is 95.1 cm³/mol. The van der Waals surface area contributed by atoms with E-state index in [-0.39, 0.29) is 11.3 Å². The first-order chi connectivity index (χ1) is 12.0. The third-order valence-corrected chi connectivity index (χ3v) is 5.57. The lowest BCUT2D eigenvalue weighted by atomic mass is 9.74. The summed E-state index contributed by atoms with van der Waals surface area (Å²) in [4.78, 5) is 16.9. The maximum Gasteiger partial charge on any atom is 0.212 e. The molecule has 1 aliphatic heterocycles. The highest BCUT2D eigenvalue weighted by Gasteiger charge is 2.55. The number of hydrogen-bond acceptors (Lipinski definition) is 5. The Morgan fingerprint density at radius 1 is 1.44 bits per heavy atom. The minimum Gasteiger partial charge on any atom is -0.481 e. The number of pyridine rings is 1. The average molecular weight is 343 g/mol. The van der Waals surface area contributed by atoms with Gasteiger partial charge in [-0.3, -0.25) is 15.6 Å². The van der Waals surface area contributed by atoms with Gasteiger partial charge in [0.1, 0.15) is 11.7 Å². The Morgan fingerprint density at radius 3 is 2.72 bits per heavy atom. The van der Waals surface area contributed by atoms with Crippen LogP contribution in [-0.4, -0.2) is 48.2 Å². The van der Waals surface area contributed by atoms with Crippen LogP contribution < -0.4 is 10.1 Å². The molecular formula is C18H25N5O2. The number of ether oxygens (including phenoxy) is 1. The van der Waals surface area contributed by atoms with Crippen LogP contribution in [0.2, 0.25) is 0 Å². The van der Waals surface area contributed by atoms with Crippen molar-refractivity contribution in [3.05, 3.63) is 23.9 Å². The molecule has 0 aromatic carbocycles. The van der Waals surface area contributed by atoms with Gasteiger partial charge in [-0.05, 0) is 37.2 Å². The second-order valence-corrected chi connectivity index (χ2v) is 7.09. The van der Waals surface area contributed by atoms with Crippen LogP contribution in [0.5, 0.6) is 5.88 Å². The number of carbonyl (C=O) groups excluding carboxylic acids is 1. The van der Waals surface area contributed by atoms with Gasteiger partial charge in [-0.15, -0.1) is 0 Å². The highest BCUT2D eigenvalue weighted by atomic mass is 16.5. The number of nitrogens with one attached hydrogen (secondary N) is 3. The number of hydrogen-bond donors (Lipinski definition) is 3. The number of likely N-dealkylation sites (tertiary alicyclic amines) is 1. The molecule has 0 radical (unpaired) electrons. The summed E-state index contributed by atoms with van der Waals surface area (Å²) in [5.74, 6) is 1.85. The monoisotopic (exact) mass is 343 g/mol. The molecule has 3 N–H and O–H groups in total. The van der Waals surface area contributed by atoms with Crippen LogP contribution in [0.4, 0.5) is 0 Å². The summed E-state index contributed by atoms with van der Waals surface area (Å²) in [6.45, 7) is 3.67. The molecule has 2 heterocycles. The summed E-state index contributed by atoms with van der Waals surface area (Å²) in [6.07, 6.45) is 5.36. The molecule has 1 aromatic rings. The summed E-state index contributed by atoms with van der Waals surface area (Å²) in [7, 11) is 1.55. The van der Waals surface area contributed by atoms with Crippen molar-refractivity contribution in [1.29, 1.82) is 10.8 Å². The van der Waals surface area contributed by atoms with Crippen LogP contribution >= 0.6 is 0 Å². The molecule has 3 rings (SSSR count). The molecule has 1 saturated carbocycles. The maximum atomic E-state index is 11.0. The van der Waals surface area contributed by atoms with E-state index >= 15 is 0 Å². The number of carbonyl (C=O) groups is 1. The number of aromatic nitrogens is 1. The van der Waals surface area contributed by atoms with Crippen molar-refractivity contribution in [2.75, 3.05) is 20.2 Å². The molecule has 1 unspecified atom stereocenters. The van der Waals surface area contributed by atoms with Gasteiger partial charge in [-0.2, -0.15) is 0 Å². The summed E-state index contributed by atoms with van der Waals surface area (Å²) >= 11 is 0. The van der Waals surface area contributed by atoms with Crippen molar-refractivity contribution >= 4 is 18.1 Å². The lowest BCUT2D eigenvalue weighted by Gasteiger charge is -2.40. The SMILES string of the molecule is COc1ccc(C(=N)NC(=N)C2(C3CCN(C=O)C[C@H]3C)CC2)cn1. The Labute approximate surface area is 147 Å². The molecule has 0 spiro atoms. The summed E-state index contributed by atoms with van der Waals surface area (Å²) < 4.78 is 5.03. The molecule has 7 nitrogen and oxygen atoms in total. The molecule has 25 heavy (non-hydrogen) atoms. The van der Waals surface area contributed by atoms with Gasteiger partial charge in [-0.1, -0.05) is 6.92 Å². The fourth-order valence-corrected chi connectivity index (χ4v) is 4.01. The smallest absolute Gasteiger partial charge is 0.212 e. The standard InChI is InChI=1S/C18H25N5O2/c1-12-10-23(11-24)8-5-14(12)18(6-7-18)17(20)22-16(19)13-3-4-15(25-2)21-9-13/h3-4,9,11-12,14H,5-8,10H2,1-2H3,(H3,19,20,22)/t12-,14?/m1/s1. The van der Waals surface area contributed by atoms with Gasteiger partial charge >= 0.3 is 0 Å². The van der Waals surface area contributed by atoms with E-state index in [2.05, 4.69) is 17.2 Å². The lowest BCUT2D eigenvalue weighted by molar-refractivity contribution is -0.120. The largest absolute Gasteiger partial charge is 0.481 e. The molecule has 7 heteroatoms. The van der Waals surface area contributed by atoms with E-state index in [0.717, 1.165) is 38.8 Å². The number of methoxy groups -OCH3 is 1. The molecule has 1 aliphatic carbocycles. The molecule has 1 aromatic heterocycles. The van der Waals surface area contributed by atoms with Crippen molar-refractivity contribution in [2.45, 2.75) is 26.2 Å². The molecule has 1 amide bonds. The lowest BCUT2D eigenvalue weighted by Crippen LogP contribution is -2.47. The zero-order valence-corrected chi connectivity index (χ0v) is 14.7. The van der Waals surface area contributed by atoms with E-state index in [9.17, 15) is 4.79 Å². The third kappa shape index (κ3) is 3.36. The normalized spacial score (nSPS) is 24.3. The highest BCUT2D eigenvalue weighted by Crippen LogP contribution is 2.56. The van der Waals surface area contributed by atoms with Crippen LogP contribution in [0.25, 0.3) is 0 Å². The molecule has 0 bridgehead atoms. The van der Waals surface area contributed by atoms with Crippen LogP contribution in [-0.2, 0) is 4.79 Å². The van der Waals surface area contributed by atoms with E-state index in [1.807, 2.05) is 4.90 Å². The van der Waals surface area contributed by atoms with Crippen LogP contribution in [0.3, 0.4) is 0 Å². The van der Waals surface area contributed by atoms with Crippen LogP contribution in [0.15, 0.2) is 18.3 Å². The summed E-state index contributed by atoms with van der Waals surface area (Å²) in [5.41, 5.74) is 0.464. The zero-order valence-electron chi connectivity index (χ0n) is 14.7.